The Morgan fingerprint density at radius 1 is 1.26 bits per heavy atom. The molecule has 1 aromatic carbocycles. The highest BCUT2D eigenvalue weighted by atomic mass is 19.1. The van der Waals surface area contributed by atoms with E-state index >= 15 is 0 Å². The summed E-state index contributed by atoms with van der Waals surface area (Å²) in [7, 11) is 0. The first kappa shape index (κ1) is 12.9. The molecule has 1 aromatic heterocycles. The van der Waals surface area contributed by atoms with Crippen molar-refractivity contribution in [1.29, 1.82) is 0 Å². The zero-order chi connectivity index (χ0) is 13.8. The molecule has 0 aliphatic heterocycles. The number of carbonyl (C=O) groups is 1. The van der Waals surface area contributed by atoms with Crippen molar-refractivity contribution in [3.63, 3.8) is 0 Å². The van der Waals surface area contributed by atoms with E-state index in [2.05, 4.69) is 4.98 Å². The van der Waals surface area contributed by atoms with Gasteiger partial charge in [0, 0.05) is 11.8 Å². The molecular formula is C13H10F2N2O2. The number of pyridine rings is 1. The molecule has 4 nitrogen and oxygen atoms in total. The second-order valence-corrected chi connectivity index (χ2v) is 3.82. The minimum Gasteiger partial charge on any atom is -0.457 e. The summed E-state index contributed by atoms with van der Waals surface area (Å²) in [4.78, 5) is 15.2. The first-order valence-corrected chi connectivity index (χ1v) is 5.38. The lowest BCUT2D eigenvalue weighted by atomic mass is 10.2. The van der Waals surface area contributed by atoms with Gasteiger partial charge in [0.15, 0.2) is 0 Å². The predicted molar refractivity (Wildman–Crippen MR) is 64.1 cm³/mol. The maximum absolute atomic E-state index is 13.2. The van der Waals surface area contributed by atoms with E-state index in [0.29, 0.717) is 5.56 Å². The molecule has 0 atom stereocenters. The second kappa shape index (κ2) is 5.43. The van der Waals surface area contributed by atoms with Crippen LogP contribution in [0.15, 0.2) is 36.7 Å². The van der Waals surface area contributed by atoms with Crippen LogP contribution in [0, 0.1) is 11.6 Å². The lowest BCUT2D eigenvalue weighted by Gasteiger charge is -2.05. The number of hydrogen-bond donors (Lipinski definition) is 1. The highest BCUT2D eigenvalue weighted by Gasteiger charge is 2.10. The highest BCUT2D eigenvalue weighted by molar-refractivity contribution is 5.89. The van der Waals surface area contributed by atoms with Gasteiger partial charge in [0.2, 0.25) is 0 Å². The minimum absolute atomic E-state index is 0.0380. The average molecular weight is 264 g/mol. The standard InChI is InChI=1S/C13H10F2N2O2/c14-10-3-8(5-17-6-10)7-19-13(18)9-1-2-12(16)11(15)4-9/h1-6H,7,16H2. The Morgan fingerprint density at radius 3 is 2.74 bits per heavy atom. The van der Waals surface area contributed by atoms with Crippen molar-refractivity contribution < 1.29 is 18.3 Å². The number of anilines is 1. The third-order valence-corrected chi connectivity index (χ3v) is 2.37. The Hall–Kier alpha value is -2.50. The molecule has 2 rings (SSSR count). The third kappa shape index (κ3) is 3.25. The third-order valence-electron chi connectivity index (χ3n) is 2.37. The van der Waals surface area contributed by atoms with Crippen molar-refractivity contribution in [3.8, 4) is 0 Å². The van der Waals surface area contributed by atoms with Crippen molar-refractivity contribution in [2.45, 2.75) is 6.61 Å². The number of aromatic nitrogens is 1. The van der Waals surface area contributed by atoms with Gasteiger partial charge >= 0.3 is 5.97 Å². The molecule has 0 unspecified atom stereocenters. The number of nitrogens with zero attached hydrogens (tertiary/aromatic N) is 1. The molecule has 0 spiro atoms. The average Bonchev–Trinajstić information content (AvgIpc) is 2.39. The van der Waals surface area contributed by atoms with Crippen molar-refractivity contribution in [1.82, 2.24) is 4.98 Å². The molecule has 0 saturated carbocycles. The maximum Gasteiger partial charge on any atom is 0.338 e. The number of nitrogens with two attached hydrogens (primary N) is 1. The predicted octanol–water partition coefficient (Wildman–Crippen LogP) is 2.30. The molecule has 0 amide bonds. The summed E-state index contributed by atoms with van der Waals surface area (Å²) in [6.07, 6.45) is 2.42. The summed E-state index contributed by atoms with van der Waals surface area (Å²) in [5.41, 5.74) is 5.69. The van der Waals surface area contributed by atoms with Gasteiger partial charge in [-0.3, -0.25) is 4.98 Å². The molecule has 0 bridgehead atoms. The highest BCUT2D eigenvalue weighted by Crippen LogP contribution is 2.13. The van der Waals surface area contributed by atoms with Crippen LogP contribution in [0.4, 0.5) is 14.5 Å². The fourth-order valence-electron chi connectivity index (χ4n) is 1.42. The summed E-state index contributed by atoms with van der Waals surface area (Å²) >= 11 is 0. The van der Waals surface area contributed by atoms with Gasteiger partial charge in [-0.2, -0.15) is 0 Å². The van der Waals surface area contributed by atoms with Crippen LogP contribution >= 0.6 is 0 Å². The Balaban J connectivity index is 2.03. The van der Waals surface area contributed by atoms with Crippen molar-refractivity contribution in [2.75, 3.05) is 5.73 Å². The normalized spacial score (nSPS) is 10.2. The zero-order valence-electron chi connectivity index (χ0n) is 9.77. The van der Waals surface area contributed by atoms with Crippen LogP contribution < -0.4 is 5.73 Å². The number of benzene rings is 1. The van der Waals surface area contributed by atoms with Crippen molar-refractivity contribution >= 4 is 11.7 Å². The van der Waals surface area contributed by atoms with E-state index in [1.54, 1.807) is 0 Å². The monoisotopic (exact) mass is 264 g/mol. The molecule has 1 heterocycles. The van der Waals surface area contributed by atoms with Crippen molar-refractivity contribution in [3.05, 3.63) is 59.4 Å². The number of halogens is 2. The molecule has 98 valence electrons. The smallest absolute Gasteiger partial charge is 0.338 e. The summed E-state index contributed by atoms with van der Waals surface area (Å²) in [5, 5.41) is 0. The van der Waals surface area contributed by atoms with Gasteiger partial charge in [0.25, 0.3) is 0 Å². The molecule has 19 heavy (non-hydrogen) atoms. The quantitative estimate of drug-likeness (QED) is 0.682. The van der Waals surface area contributed by atoms with Crippen LogP contribution in [-0.4, -0.2) is 11.0 Å². The van der Waals surface area contributed by atoms with Crippen molar-refractivity contribution in [2.24, 2.45) is 0 Å². The van der Waals surface area contributed by atoms with E-state index in [9.17, 15) is 13.6 Å². The van der Waals surface area contributed by atoms with E-state index in [1.165, 1.54) is 24.4 Å². The molecule has 0 fully saturated rings. The van der Waals surface area contributed by atoms with Gasteiger partial charge < -0.3 is 10.5 Å². The van der Waals surface area contributed by atoms with Crippen LogP contribution in [0.5, 0.6) is 0 Å². The maximum atomic E-state index is 13.2. The number of carbonyl (C=O) groups excluding carboxylic acids is 1. The number of esters is 1. The van der Waals surface area contributed by atoms with E-state index in [0.717, 1.165) is 12.3 Å². The van der Waals surface area contributed by atoms with Gasteiger partial charge in [-0.05, 0) is 24.3 Å². The van der Waals surface area contributed by atoms with Gasteiger partial charge in [0.1, 0.15) is 18.2 Å². The van der Waals surface area contributed by atoms with Crippen LogP contribution in [-0.2, 0) is 11.3 Å². The van der Waals surface area contributed by atoms with E-state index in [4.69, 9.17) is 10.5 Å². The lowest BCUT2D eigenvalue weighted by Crippen LogP contribution is -2.06. The summed E-state index contributed by atoms with van der Waals surface area (Å²) in [6, 6.07) is 4.81. The summed E-state index contributed by atoms with van der Waals surface area (Å²) in [5.74, 6) is -1.93. The van der Waals surface area contributed by atoms with Gasteiger partial charge in [-0.1, -0.05) is 0 Å². The Morgan fingerprint density at radius 2 is 2.05 bits per heavy atom. The van der Waals surface area contributed by atoms with Gasteiger partial charge in [-0.25, -0.2) is 13.6 Å². The summed E-state index contributed by atoms with van der Waals surface area (Å²) < 4.78 is 30.9. The number of hydrogen-bond acceptors (Lipinski definition) is 4. The van der Waals surface area contributed by atoms with Crippen LogP contribution in [0.25, 0.3) is 0 Å². The van der Waals surface area contributed by atoms with Gasteiger partial charge in [-0.15, -0.1) is 0 Å². The fraction of sp³-hybridized carbons (Fsp3) is 0.0769. The molecular weight excluding hydrogens is 254 g/mol. The Bertz CT molecular complexity index is 617. The Labute approximate surface area is 107 Å². The SMILES string of the molecule is Nc1ccc(C(=O)OCc2cncc(F)c2)cc1F. The molecule has 6 heteroatoms. The minimum atomic E-state index is -0.719. The van der Waals surface area contributed by atoms with Crippen LogP contribution in [0.3, 0.4) is 0 Å². The first-order chi connectivity index (χ1) is 9.06. The largest absolute Gasteiger partial charge is 0.457 e. The number of rotatable bonds is 3. The molecule has 2 aromatic rings. The molecule has 0 saturated heterocycles. The molecule has 0 aliphatic rings. The lowest BCUT2D eigenvalue weighted by molar-refractivity contribution is 0.0471. The van der Waals surface area contributed by atoms with E-state index < -0.39 is 17.6 Å². The molecule has 0 aliphatic carbocycles. The Kier molecular flexibility index (Phi) is 3.70. The first-order valence-electron chi connectivity index (χ1n) is 5.38. The van der Waals surface area contributed by atoms with Crippen LogP contribution in [0.1, 0.15) is 15.9 Å². The van der Waals surface area contributed by atoms with Crippen LogP contribution in [0.2, 0.25) is 0 Å². The fourth-order valence-corrected chi connectivity index (χ4v) is 1.42. The second-order valence-electron chi connectivity index (χ2n) is 3.82. The topological polar surface area (TPSA) is 65.2 Å². The molecule has 0 radical (unpaired) electrons. The summed E-state index contributed by atoms with van der Waals surface area (Å²) in [6.45, 7) is -0.143. The number of ether oxygens (including phenoxy) is 1. The van der Waals surface area contributed by atoms with E-state index in [1.807, 2.05) is 0 Å². The number of nitrogen functional groups attached to an aromatic ring is 1. The van der Waals surface area contributed by atoms with E-state index in [-0.39, 0.29) is 17.9 Å². The molecule has 2 N–H and O–H groups in total. The van der Waals surface area contributed by atoms with Gasteiger partial charge in [0.05, 0.1) is 17.4 Å². The zero-order valence-corrected chi connectivity index (χ0v) is 9.77.